The number of halogens is 4. The molecule has 0 amide bonds. The van der Waals surface area contributed by atoms with Crippen molar-refractivity contribution in [1.82, 2.24) is 0 Å². The maximum atomic E-state index is 14.0. The Hall–Kier alpha value is -1.98. The van der Waals surface area contributed by atoms with E-state index in [1.54, 1.807) is 24.0 Å². The first-order valence-electron chi connectivity index (χ1n) is 7.32. The van der Waals surface area contributed by atoms with Gasteiger partial charge in [0, 0.05) is 11.0 Å². The fourth-order valence-electron chi connectivity index (χ4n) is 1.75. The van der Waals surface area contributed by atoms with Crippen molar-refractivity contribution in [3.63, 3.8) is 0 Å². The van der Waals surface area contributed by atoms with Crippen LogP contribution in [0, 0.1) is 5.95 Å². The van der Waals surface area contributed by atoms with E-state index in [0.717, 1.165) is 10.6 Å². The van der Waals surface area contributed by atoms with E-state index in [-0.39, 0.29) is 11.3 Å². The Balaban J connectivity index is 0.000000387. The Bertz CT molecular complexity index is 872. The van der Waals surface area contributed by atoms with Crippen molar-refractivity contribution in [2.24, 2.45) is 0 Å². The maximum absolute atomic E-state index is 14.0. The molecule has 0 aliphatic carbocycles. The lowest BCUT2D eigenvalue weighted by Crippen LogP contribution is -2.40. The molecule has 0 saturated carbocycles. The molecule has 0 radical (unpaired) electrons. The summed E-state index contributed by atoms with van der Waals surface area (Å²) in [7, 11) is -6.09. The zero-order valence-electron chi connectivity index (χ0n) is 13.9. The Morgan fingerprint density at radius 3 is 2.19 bits per heavy atom. The zero-order chi connectivity index (χ0) is 20.7. The van der Waals surface area contributed by atoms with Crippen LogP contribution in [0.3, 0.4) is 0 Å². The van der Waals surface area contributed by atoms with Crippen molar-refractivity contribution in [3.05, 3.63) is 60.2 Å². The highest BCUT2D eigenvalue weighted by Crippen LogP contribution is 2.20. The second-order valence-corrected chi connectivity index (χ2v) is 7.56. The second-order valence-electron chi connectivity index (χ2n) is 5.02. The number of hydrogen-bond donors (Lipinski definition) is 0. The molecule has 0 atom stereocenters. The lowest BCUT2D eigenvalue weighted by atomic mass is 10.2. The number of benzene rings is 1. The number of hydrogen-bond acceptors (Lipinski definition) is 5. The molecule has 11 heteroatoms. The number of ketones is 1. The van der Waals surface area contributed by atoms with Crippen molar-refractivity contribution in [1.29, 1.82) is 0 Å². The average molecular weight is 425 g/mol. The summed E-state index contributed by atoms with van der Waals surface area (Å²) in [5, 5.41) is 0. The van der Waals surface area contributed by atoms with Crippen LogP contribution in [0.2, 0.25) is 0 Å². The van der Waals surface area contributed by atoms with E-state index in [0.29, 0.717) is 6.54 Å². The highest BCUT2D eigenvalue weighted by atomic mass is 32.2. The third-order valence-corrected chi connectivity index (χ3v) is 4.57. The van der Waals surface area contributed by atoms with Gasteiger partial charge in [-0.05, 0) is 25.1 Å². The number of thioether (sulfide) groups is 1. The molecule has 0 N–H and O–H groups in total. The standard InChI is InChI=1S/C15H15FNOS.CHF3O3S/c1-12(18)14-8-5-9-17(15(14)16)10-11-19-13-6-3-2-4-7-13;2-1(3,4)8(5,6)7/h2-9H,10-11H2,1H3;(H,5,6,7)/q+1;/p-1. The summed E-state index contributed by atoms with van der Waals surface area (Å²) in [4.78, 5) is 12.4. The van der Waals surface area contributed by atoms with E-state index in [1.807, 2.05) is 30.3 Å². The molecule has 27 heavy (non-hydrogen) atoms. The minimum Gasteiger partial charge on any atom is -0.741 e. The Morgan fingerprint density at radius 2 is 1.70 bits per heavy atom. The Morgan fingerprint density at radius 1 is 1.15 bits per heavy atom. The van der Waals surface area contributed by atoms with Gasteiger partial charge in [-0.15, -0.1) is 16.2 Å². The first-order valence-corrected chi connectivity index (χ1v) is 9.71. The molecule has 0 saturated heterocycles. The number of aromatic nitrogens is 1. The summed E-state index contributed by atoms with van der Waals surface area (Å²) in [5.74, 6) is 0.0543. The lowest BCUT2D eigenvalue weighted by molar-refractivity contribution is -0.719. The summed E-state index contributed by atoms with van der Waals surface area (Å²) in [5.41, 5.74) is -5.50. The number of carbonyl (C=O) groups is 1. The van der Waals surface area contributed by atoms with E-state index < -0.39 is 21.6 Å². The molecule has 0 spiro atoms. The van der Waals surface area contributed by atoms with Crippen LogP contribution in [0.1, 0.15) is 17.3 Å². The van der Waals surface area contributed by atoms with E-state index in [9.17, 15) is 22.4 Å². The first kappa shape index (κ1) is 23.1. The molecule has 0 aliphatic rings. The summed E-state index contributed by atoms with van der Waals surface area (Å²) in [6.45, 7) is 1.91. The maximum Gasteiger partial charge on any atom is 0.485 e. The van der Waals surface area contributed by atoms with Crippen molar-refractivity contribution in [3.8, 4) is 0 Å². The lowest BCUT2D eigenvalue weighted by Gasteiger charge is -2.08. The van der Waals surface area contributed by atoms with Crippen molar-refractivity contribution < 1.29 is 39.9 Å². The average Bonchev–Trinajstić information content (AvgIpc) is 2.56. The molecule has 2 rings (SSSR count). The highest BCUT2D eigenvalue weighted by Gasteiger charge is 2.36. The number of alkyl halides is 3. The Kier molecular flexibility index (Phi) is 8.38. The minimum absolute atomic E-state index is 0.146. The predicted octanol–water partition coefficient (Wildman–Crippen LogP) is 3.16. The zero-order valence-corrected chi connectivity index (χ0v) is 15.6. The van der Waals surface area contributed by atoms with Gasteiger partial charge < -0.3 is 4.55 Å². The van der Waals surface area contributed by atoms with Crippen molar-refractivity contribution in [2.45, 2.75) is 23.9 Å². The molecule has 1 aromatic carbocycles. The largest absolute Gasteiger partial charge is 0.741 e. The number of carbonyl (C=O) groups excluding carboxylic acids is 1. The van der Waals surface area contributed by atoms with Gasteiger partial charge in [0.1, 0.15) is 5.56 Å². The first-order chi connectivity index (χ1) is 12.4. The van der Waals surface area contributed by atoms with E-state index >= 15 is 0 Å². The van der Waals surface area contributed by atoms with Crippen LogP contribution in [0.4, 0.5) is 17.6 Å². The summed E-state index contributed by atoms with van der Waals surface area (Å²) < 4.78 is 74.4. The quantitative estimate of drug-likeness (QED) is 0.140. The van der Waals surface area contributed by atoms with Crippen molar-refractivity contribution >= 4 is 27.7 Å². The van der Waals surface area contributed by atoms with Crippen LogP contribution >= 0.6 is 11.8 Å². The van der Waals surface area contributed by atoms with Gasteiger partial charge in [-0.25, -0.2) is 8.42 Å². The predicted molar refractivity (Wildman–Crippen MR) is 89.5 cm³/mol. The SMILES string of the molecule is CC(=O)c1ccc[n+](CCSc2ccccc2)c1F.O=S(=O)([O-])C(F)(F)F. The second kappa shape index (κ2) is 9.81. The van der Waals surface area contributed by atoms with Gasteiger partial charge in [0.05, 0.1) is 5.75 Å². The monoisotopic (exact) mass is 425 g/mol. The van der Waals surface area contributed by atoms with Gasteiger partial charge in [0.25, 0.3) is 0 Å². The molecule has 1 heterocycles. The van der Waals surface area contributed by atoms with Gasteiger partial charge in [0.2, 0.25) is 0 Å². The third kappa shape index (κ3) is 7.65. The molecule has 148 valence electrons. The molecule has 0 unspecified atom stereocenters. The van der Waals surface area contributed by atoms with Gasteiger partial charge in [-0.1, -0.05) is 18.2 Å². The van der Waals surface area contributed by atoms with Crippen molar-refractivity contribution in [2.75, 3.05) is 5.75 Å². The molecule has 0 bridgehead atoms. The molecule has 5 nitrogen and oxygen atoms in total. The number of aryl methyl sites for hydroxylation is 1. The van der Waals surface area contributed by atoms with Gasteiger partial charge >= 0.3 is 11.5 Å². The smallest absolute Gasteiger partial charge is 0.485 e. The van der Waals surface area contributed by atoms with Crippen LogP contribution in [0.25, 0.3) is 0 Å². The molecule has 0 aliphatic heterocycles. The molecule has 0 fully saturated rings. The number of nitrogens with zero attached hydrogens (tertiary/aromatic N) is 1. The molecule has 1 aromatic heterocycles. The molecule has 2 aromatic rings. The van der Waals surface area contributed by atoms with Crippen LogP contribution in [-0.2, 0) is 16.7 Å². The van der Waals surface area contributed by atoms with Crippen LogP contribution in [-0.4, -0.2) is 30.0 Å². The fraction of sp³-hybridized carbons (Fsp3) is 0.250. The van der Waals surface area contributed by atoms with Crippen LogP contribution < -0.4 is 4.57 Å². The van der Waals surface area contributed by atoms with Crippen LogP contribution in [0.5, 0.6) is 0 Å². The minimum atomic E-state index is -6.09. The normalized spacial score (nSPS) is 11.5. The fourth-order valence-corrected chi connectivity index (χ4v) is 2.62. The van der Waals surface area contributed by atoms with Crippen LogP contribution in [0.15, 0.2) is 53.6 Å². The summed E-state index contributed by atoms with van der Waals surface area (Å²) in [6, 6.07) is 13.2. The highest BCUT2D eigenvalue weighted by molar-refractivity contribution is 7.99. The summed E-state index contributed by atoms with van der Waals surface area (Å²) in [6.07, 6.45) is 1.66. The van der Waals surface area contributed by atoms with E-state index in [4.69, 9.17) is 13.0 Å². The van der Waals surface area contributed by atoms with E-state index in [1.165, 1.54) is 17.6 Å². The number of pyridine rings is 1. The topological polar surface area (TPSA) is 78.1 Å². The van der Waals surface area contributed by atoms with Gasteiger partial charge in [0.15, 0.2) is 28.6 Å². The Labute approximate surface area is 157 Å². The summed E-state index contributed by atoms with van der Waals surface area (Å²) >= 11 is 1.67. The number of Topliss-reactive ketones (excluding diaryl/α,β-unsaturated/α-hetero) is 1. The third-order valence-electron chi connectivity index (χ3n) is 3.01. The number of rotatable bonds is 5. The molecular weight excluding hydrogens is 410 g/mol. The molecular formula is C16H15F4NO4S2. The van der Waals surface area contributed by atoms with Gasteiger partial charge in [-0.3, -0.25) is 4.79 Å². The van der Waals surface area contributed by atoms with E-state index in [2.05, 4.69) is 0 Å². The van der Waals surface area contributed by atoms with Gasteiger partial charge in [-0.2, -0.15) is 17.7 Å².